The molecule has 0 aliphatic carbocycles. The Labute approximate surface area is 254 Å². The SMILES string of the molecule is O=P(c1ccccc1)(c1ccccc1)c1cnc(-c2ccc3ccc4ccc(-c5ccc6ccccc6c5)nc4c3n2)nc1. The Balaban J connectivity index is 1.21. The molecular weight excluding hydrogens is 559 g/mol. The number of nitrogens with zero attached hydrogens (tertiary/aromatic N) is 4. The van der Waals surface area contributed by atoms with Crippen LogP contribution in [-0.2, 0) is 4.57 Å². The molecule has 8 rings (SSSR count). The zero-order valence-electron chi connectivity index (χ0n) is 23.6. The lowest BCUT2D eigenvalue weighted by molar-refractivity contribution is 0.592. The van der Waals surface area contributed by atoms with Gasteiger partial charge in [-0.25, -0.2) is 19.9 Å². The molecule has 208 valence electrons. The van der Waals surface area contributed by atoms with Gasteiger partial charge in [-0.3, -0.25) is 0 Å². The predicted octanol–water partition coefficient (Wildman–Crippen LogP) is 7.70. The number of aromatic nitrogens is 4. The molecule has 5 aromatic carbocycles. The highest BCUT2D eigenvalue weighted by molar-refractivity contribution is 7.85. The predicted molar refractivity (Wildman–Crippen MR) is 180 cm³/mol. The van der Waals surface area contributed by atoms with Crippen LogP contribution in [0.25, 0.3) is 55.4 Å². The minimum absolute atomic E-state index is 0.464. The molecule has 3 aromatic heterocycles. The molecule has 44 heavy (non-hydrogen) atoms. The van der Waals surface area contributed by atoms with Crippen LogP contribution in [0.1, 0.15) is 0 Å². The van der Waals surface area contributed by atoms with E-state index >= 15 is 0 Å². The van der Waals surface area contributed by atoms with Gasteiger partial charge in [-0.15, -0.1) is 0 Å². The van der Waals surface area contributed by atoms with Gasteiger partial charge >= 0.3 is 0 Å². The summed E-state index contributed by atoms with van der Waals surface area (Å²) < 4.78 is 14.7. The Kier molecular flexibility index (Phi) is 6.32. The molecule has 0 N–H and O–H groups in total. The Hall–Kier alpha value is -5.51. The molecule has 0 spiro atoms. The Morgan fingerprint density at radius 3 is 1.57 bits per heavy atom. The first kappa shape index (κ1) is 26.1. The van der Waals surface area contributed by atoms with E-state index in [1.54, 1.807) is 12.4 Å². The monoisotopic (exact) mass is 584 g/mol. The van der Waals surface area contributed by atoms with Gasteiger partial charge in [0.2, 0.25) is 0 Å². The van der Waals surface area contributed by atoms with Crippen LogP contribution in [0.3, 0.4) is 0 Å². The van der Waals surface area contributed by atoms with Gasteiger partial charge in [0.15, 0.2) is 13.0 Å². The van der Waals surface area contributed by atoms with Gasteiger partial charge in [-0.05, 0) is 29.0 Å². The van der Waals surface area contributed by atoms with Crippen LogP contribution < -0.4 is 15.9 Å². The first-order valence-corrected chi connectivity index (χ1v) is 16.1. The molecule has 0 aliphatic heterocycles. The zero-order valence-corrected chi connectivity index (χ0v) is 24.5. The quantitative estimate of drug-likeness (QED) is 0.153. The van der Waals surface area contributed by atoms with E-state index in [1.165, 1.54) is 10.8 Å². The van der Waals surface area contributed by atoms with Crippen molar-refractivity contribution in [3.63, 3.8) is 0 Å². The van der Waals surface area contributed by atoms with E-state index in [9.17, 15) is 4.57 Å². The van der Waals surface area contributed by atoms with E-state index in [0.717, 1.165) is 43.7 Å². The molecule has 3 heterocycles. The molecule has 0 atom stereocenters. The molecule has 5 nitrogen and oxygen atoms in total. The molecule has 0 unspecified atom stereocenters. The minimum Gasteiger partial charge on any atom is -0.309 e. The molecule has 0 fully saturated rings. The van der Waals surface area contributed by atoms with Crippen LogP contribution in [0, 0.1) is 0 Å². The van der Waals surface area contributed by atoms with Crippen molar-refractivity contribution in [2.45, 2.75) is 0 Å². The molecule has 0 bridgehead atoms. The average molecular weight is 585 g/mol. The molecule has 0 radical (unpaired) electrons. The topological polar surface area (TPSA) is 68.6 Å². The third kappa shape index (κ3) is 4.46. The van der Waals surface area contributed by atoms with Gasteiger partial charge in [-0.1, -0.05) is 121 Å². The number of hydrogen-bond donors (Lipinski definition) is 0. The summed E-state index contributed by atoms with van der Waals surface area (Å²) in [7, 11) is -3.17. The second-order valence-corrected chi connectivity index (χ2v) is 13.5. The molecule has 0 saturated heterocycles. The van der Waals surface area contributed by atoms with Crippen LogP contribution in [0.4, 0.5) is 0 Å². The van der Waals surface area contributed by atoms with E-state index < -0.39 is 7.14 Å². The standard InChI is InChI=1S/C38H25N4OP/c43-44(31-11-3-1-4-12-31,32-13-5-2-6-14-32)33-24-39-38(40-25-33)35-22-20-28-17-16-27-19-21-34(41-36(27)37(28)42-35)30-18-15-26-9-7-8-10-29(26)23-30/h1-25H. The molecule has 0 aliphatic rings. The van der Waals surface area contributed by atoms with Crippen LogP contribution in [-0.4, -0.2) is 19.9 Å². The molecular formula is C38H25N4OP. The third-order valence-electron chi connectivity index (χ3n) is 8.04. The molecule has 8 aromatic rings. The van der Waals surface area contributed by atoms with Crippen molar-refractivity contribution in [3.8, 4) is 22.8 Å². The van der Waals surface area contributed by atoms with Crippen LogP contribution in [0.2, 0.25) is 0 Å². The van der Waals surface area contributed by atoms with E-state index in [0.29, 0.717) is 16.8 Å². The van der Waals surface area contributed by atoms with Crippen LogP contribution >= 0.6 is 7.14 Å². The lowest BCUT2D eigenvalue weighted by Crippen LogP contribution is -2.25. The summed E-state index contributed by atoms with van der Waals surface area (Å²) in [6.07, 6.45) is 3.35. The van der Waals surface area contributed by atoms with Crippen molar-refractivity contribution in [2.75, 3.05) is 0 Å². The van der Waals surface area contributed by atoms with Crippen molar-refractivity contribution < 1.29 is 4.57 Å². The fourth-order valence-electron chi connectivity index (χ4n) is 5.74. The van der Waals surface area contributed by atoms with Gasteiger partial charge in [0.05, 0.1) is 22.0 Å². The van der Waals surface area contributed by atoms with Crippen LogP contribution in [0.15, 0.2) is 152 Å². The van der Waals surface area contributed by atoms with E-state index in [1.807, 2.05) is 78.9 Å². The van der Waals surface area contributed by atoms with Crippen molar-refractivity contribution in [3.05, 3.63) is 152 Å². The number of fused-ring (bicyclic) bond motifs is 4. The number of benzene rings is 5. The molecule has 0 amide bonds. The summed E-state index contributed by atoms with van der Waals surface area (Å²) in [5.74, 6) is 0.464. The second-order valence-electron chi connectivity index (χ2n) is 10.7. The zero-order chi connectivity index (χ0) is 29.5. The largest absolute Gasteiger partial charge is 0.309 e. The third-order valence-corrected chi connectivity index (χ3v) is 11.0. The second kappa shape index (κ2) is 10.6. The summed E-state index contributed by atoms with van der Waals surface area (Å²) in [4.78, 5) is 19.5. The number of rotatable bonds is 5. The normalized spacial score (nSPS) is 11.7. The Morgan fingerprint density at radius 1 is 0.432 bits per heavy atom. The van der Waals surface area contributed by atoms with Gasteiger partial charge in [-0.2, -0.15) is 0 Å². The summed E-state index contributed by atoms with van der Waals surface area (Å²) in [6, 6.07) is 46.1. The first-order chi connectivity index (χ1) is 21.7. The van der Waals surface area contributed by atoms with Gasteiger partial charge < -0.3 is 4.57 Å². The first-order valence-electron chi connectivity index (χ1n) is 14.4. The van der Waals surface area contributed by atoms with Crippen molar-refractivity contribution in [2.24, 2.45) is 0 Å². The maximum atomic E-state index is 14.7. The van der Waals surface area contributed by atoms with E-state index in [-0.39, 0.29) is 0 Å². The fraction of sp³-hybridized carbons (Fsp3) is 0. The van der Waals surface area contributed by atoms with E-state index in [2.05, 4.69) is 70.6 Å². The van der Waals surface area contributed by atoms with Crippen molar-refractivity contribution >= 4 is 55.6 Å². The van der Waals surface area contributed by atoms with Crippen molar-refractivity contribution in [1.82, 2.24) is 19.9 Å². The smallest absolute Gasteiger partial charge is 0.178 e. The maximum absolute atomic E-state index is 14.7. The Bertz CT molecular complexity index is 2320. The average Bonchev–Trinajstić information content (AvgIpc) is 3.11. The van der Waals surface area contributed by atoms with E-state index in [4.69, 9.17) is 9.97 Å². The highest BCUT2D eigenvalue weighted by Crippen LogP contribution is 2.42. The Morgan fingerprint density at radius 2 is 0.932 bits per heavy atom. The summed E-state index contributed by atoms with van der Waals surface area (Å²) in [5, 5.41) is 6.43. The summed E-state index contributed by atoms with van der Waals surface area (Å²) >= 11 is 0. The van der Waals surface area contributed by atoms with Gasteiger partial charge in [0, 0.05) is 39.3 Å². The maximum Gasteiger partial charge on any atom is 0.178 e. The summed E-state index contributed by atoms with van der Waals surface area (Å²) in [5.41, 5.74) is 4.18. The fourth-order valence-corrected chi connectivity index (χ4v) is 8.26. The van der Waals surface area contributed by atoms with Crippen molar-refractivity contribution in [1.29, 1.82) is 0 Å². The van der Waals surface area contributed by atoms with Gasteiger partial charge in [0.1, 0.15) is 5.69 Å². The lowest BCUT2D eigenvalue weighted by Gasteiger charge is -2.19. The lowest BCUT2D eigenvalue weighted by atomic mass is 10.0. The highest BCUT2D eigenvalue weighted by Gasteiger charge is 2.30. The summed E-state index contributed by atoms with van der Waals surface area (Å²) in [6.45, 7) is 0. The van der Waals surface area contributed by atoms with Crippen LogP contribution in [0.5, 0.6) is 0 Å². The minimum atomic E-state index is -3.17. The molecule has 6 heteroatoms. The van der Waals surface area contributed by atoms with Gasteiger partial charge in [0.25, 0.3) is 0 Å². The number of pyridine rings is 2. The number of hydrogen-bond acceptors (Lipinski definition) is 5. The highest BCUT2D eigenvalue weighted by atomic mass is 31.2. The molecule has 0 saturated carbocycles.